The van der Waals surface area contributed by atoms with Crippen LogP contribution in [0.3, 0.4) is 0 Å². The van der Waals surface area contributed by atoms with Gasteiger partial charge in [0.2, 0.25) is 0 Å². The van der Waals surface area contributed by atoms with E-state index in [1.165, 1.54) is 23.8 Å². The molecule has 1 saturated heterocycles. The van der Waals surface area contributed by atoms with Crippen LogP contribution in [-0.2, 0) is 19.1 Å². The normalized spacial score (nSPS) is 19.1. The lowest BCUT2D eigenvalue weighted by molar-refractivity contribution is -0.154. The third-order valence-electron chi connectivity index (χ3n) is 5.58. The number of hydrogen-bond acceptors (Lipinski definition) is 7. The lowest BCUT2D eigenvalue weighted by Crippen LogP contribution is -2.70. The van der Waals surface area contributed by atoms with Crippen LogP contribution in [0.4, 0.5) is 0 Å². The number of carbonyl (C=O) groups excluding carboxylic acids is 2. The average molecular weight is 494 g/mol. The molecule has 9 heteroatoms. The fourth-order valence-corrected chi connectivity index (χ4v) is 5.44. The lowest BCUT2D eigenvalue weighted by atomic mass is 10.0. The van der Waals surface area contributed by atoms with Crippen molar-refractivity contribution in [3.05, 3.63) is 83.2 Å². The number of thioether (sulfide) groups is 1. The summed E-state index contributed by atoms with van der Waals surface area (Å²) < 4.78 is 11.5. The summed E-state index contributed by atoms with van der Waals surface area (Å²) >= 11 is 6.75. The highest BCUT2D eigenvalue weighted by molar-refractivity contribution is 8.00. The zero-order valence-electron chi connectivity index (χ0n) is 18.5. The molecule has 2 atom stereocenters. The maximum atomic E-state index is 13.5. The van der Waals surface area contributed by atoms with Crippen molar-refractivity contribution in [2.75, 3.05) is 12.9 Å². The SMILES string of the molecule is COC1=C(C(=O)OC(c2ccccc2)c2ccccc2)N2C(=O)C(NC(=S)CCC#N)[C@H]2SC1. The van der Waals surface area contributed by atoms with Gasteiger partial charge in [0.15, 0.2) is 11.8 Å². The number of carbonyl (C=O) groups is 2. The van der Waals surface area contributed by atoms with Crippen LogP contribution in [-0.4, -0.2) is 46.0 Å². The first-order valence-electron chi connectivity index (χ1n) is 10.7. The van der Waals surface area contributed by atoms with Crippen LogP contribution in [0, 0.1) is 11.3 Å². The molecule has 2 aromatic carbocycles. The second-order valence-electron chi connectivity index (χ2n) is 7.70. The van der Waals surface area contributed by atoms with Crippen molar-refractivity contribution >= 4 is 40.8 Å². The Kier molecular flexibility index (Phi) is 7.50. The van der Waals surface area contributed by atoms with Crippen molar-refractivity contribution in [1.82, 2.24) is 10.2 Å². The largest absolute Gasteiger partial charge is 0.498 e. The van der Waals surface area contributed by atoms with E-state index in [1.807, 2.05) is 66.7 Å². The van der Waals surface area contributed by atoms with E-state index in [2.05, 4.69) is 5.32 Å². The molecule has 1 N–H and O–H groups in total. The van der Waals surface area contributed by atoms with E-state index >= 15 is 0 Å². The number of amides is 1. The molecule has 174 valence electrons. The minimum atomic E-state index is -0.641. The standard InChI is InChI=1S/C25H23N3O4S2/c1-31-18-15-34-24-20(27-19(33)13-8-14-26)23(29)28(24)21(18)25(30)32-22(16-9-4-2-5-10-16)17-11-6-3-7-12-17/h2-7,9-12,20,22,24H,8,13,15H2,1H3,(H,27,33)/t20?,24-/m1/s1. The Hall–Kier alpha value is -3.35. The van der Waals surface area contributed by atoms with Gasteiger partial charge < -0.3 is 14.8 Å². The van der Waals surface area contributed by atoms with Crippen LogP contribution in [0.15, 0.2) is 72.1 Å². The molecule has 7 nitrogen and oxygen atoms in total. The van der Waals surface area contributed by atoms with Crippen LogP contribution in [0.5, 0.6) is 0 Å². The molecule has 0 spiro atoms. The predicted molar refractivity (Wildman–Crippen MR) is 132 cm³/mol. The first-order chi connectivity index (χ1) is 16.5. The lowest BCUT2D eigenvalue weighted by Gasteiger charge is -2.49. The summed E-state index contributed by atoms with van der Waals surface area (Å²) in [5.41, 5.74) is 1.76. The third kappa shape index (κ3) is 4.79. The quantitative estimate of drug-likeness (QED) is 0.338. The Labute approximate surface area is 207 Å². The maximum absolute atomic E-state index is 13.5. The molecule has 4 rings (SSSR count). The summed E-state index contributed by atoms with van der Waals surface area (Å²) in [6, 6.07) is 20.4. The van der Waals surface area contributed by atoms with Crippen molar-refractivity contribution in [3.8, 4) is 6.07 Å². The van der Waals surface area contributed by atoms with Crippen LogP contribution in [0.1, 0.15) is 30.1 Å². The van der Waals surface area contributed by atoms with Crippen molar-refractivity contribution in [2.24, 2.45) is 0 Å². The van der Waals surface area contributed by atoms with Gasteiger partial charge in [0.1, 0.15) is 17.2 Å². The number of esters is 1. The highest BCUT2D eigenvalue weighted by Crippen LogP contribution is 2.41. The summed E-state index contributed by atoms with van der Waals surface area (Å²) in [5.74, 6) is -0.0995. The molecular formula is C25H23N3O4S2. The molecule has 2 heterocycles. The molecule has 0 saturated carbocycles. The molecule has 1 amide bonds. The number of methoxy groups -OCH3 is 1. The number of hydrogen-bond donors (Lipinski definition) is 1. The number of nitriles is 1. The number of benzene rings is 2. The van der Waals surface area contributed by atoms with Crippen LogP contribution >= 0.6 is 24.0 Å². The number of fused-ring (bicyclic) bond motifs is 1. The van der Waals surface area contributed by atoms with Gasteiger partial charge in [-0.2, -0.15) is 5.26 Å². The molecule has 0 radical (unpaired) electrons. The fourth-order valence-electron chi connectivity index (χ4n) is 3.90. The number of ether oxygens (including phenoxy) is 2. The molecule has 0 aromatic heterocycles. The number of thiocarbonyl (C=S) groups is 1. The molecule has 2 aromatic rings. The first-order valence-corrected chi connectivity index (χ1v) is 12.2. The summed E-state index contributed by atoms with van der Waals surface area (Å²) in [7, 11) is 1.48. The Morgan fingerprint density at radius 2 is 1.82 bits per heavy atom. The number of nitrogens with one attached hydrogen (secondary N) is 1. The van der Waals surface area contributed by atoms with Gasteiger partial charge in [-0.05, 0) is 11.1 Å². The van der Waals surface area contributed by atoms with Gasteiger partial charge in [-0.3, -0.25) is 9.69 Å². The highest BCUT2D eigenvalue weighted by atomic mass is 32.2. The van der Waals surface area contributed by atoms with E-state index in [9.17, 15) is 9.59 Å². The van der Waals surface area contributed by atoms with Gasteiger partial charge in [0, 0.05) is 12.8 Å². The van der Waals surface area contributed by atoms with E-state index in [-0.39, 0.29) is 23.4 Å². The fraction of sp³-hybridized carbons (Fsp3) is 0.280. The summed E-state index contributed by atoms with van der Waals surface area (Å²) in [6.45, 7) is 0. The van der Waals surface area contributed by atoms with Crippen molar-refractivity contribution in [1.29, 1.82) is 5.26 Å². The Bertz CT molecular complexity index is 1110. The van der Waals surface area contributed by atoms with Crippen molar-refractivity contribution < 1.29 is 19.1 Å². The predicted octanol–water partition coefficient (Wildman–Crippen LogP) is 3.68. The molecule has 34 heavy (non-hydrogen) atoms. The zero-order chi connectivity index (χ0) is 24.1. The molecule has 2 aliphatic rings. The second-order valence-corrected chi connectivity index (χ2v) is 9.29. The van der Waals surface area contributed by atoms with Crippen molar-refractivity contribution in [3.63, 3.8) is 0 Å². The topological polar surface area (TPSA) is 91.7 Å². The molecule has 0 aliphatic carbocycles. The maximum Gasteiger partial charge on any atom is 0.359 e. The highest BCUT2D eigenvalue weighted by Gasteiger charge is 2.54. The smallest absolute Gasteiger partial charge is 0.359 e. The average Bonchev–Trinajstić information content (AvgIpc) is 2.89. The van der Waals surface area contributed by atoms with Gasteiger partial charge in [0.05, 0.1) is 23.9 Å². The zero-order valence-corrected chi connectivity index (χ0v) is 20.1. The molecule has 0 bridgehead atoms. The van der Waals surface area contributed by atoms with Gasteiger partial charge in [-0.1, -0.05) is 72.9 Å². The third-order valence-corrected chi connectivity index (χ3v) is 7.16. The van der Waals surface area contributed by atoms with Gasteiger partial charge in [-0.25, -0.2) is 4.79 Å². The van der Waals surface area contributed by atoms with E-state index in [0.717, 1.165) is 11.1 Å². The van der Waals surface area contributed by atoms with E-state index in [0.29, 0.717) is 22.9 Å². The van der Waals surface area contributed by atoms with Crippen molar-refractivity contribution in [2.45, 2.75) is 30.4 Å². The van der Waals surface area contributed by atoms with Crippen LogP contribution in [0.25, 0.3) is 0 Å². The Morgan fingerprint density at radius 1 is 1.21 bits per heavy atom. The van der Waals surface area contributed by atoms with E-state index in [1.54, 1.807) is 0 Å². The molecule has 2 aliphatic heterocycles. The summed E-state index contributed by atoms with van der Waals surface area (Å²) in [4.78, 5) is 28.4. The number of β-lactam (4-membered cyclic amide) rings is 1. The second kappa shape index (κ2) is 10.7. The van der Waals surface area contributed by atoms with Gasteiger partial charge in [0.25, 0.3) is 5.91 Å². The first kappa shape index (κ1) is 23.8. The summed E-state index contributed by atoms with van der Waals surface area (Å²) in [5, 5.41) is 11.5. The van der Waals surface area contributed by atoms with E-state index < -0.39 is 18.1 Å². The minimum Gasteiger partial charge on any atom is -0.498 e. The molecule has 1 fully saturated rings. The molecule has 1 unspecified atom stereocenters. The van der Waals surface area contributed by atoms with Gasteiger partial charge in [-0.15, -0.1) is 11.8 Å². The molecular weight excluding hydrogens is 470 g/mol. The monoisotopic (exact) mass is 493 g/mol. The number of rotatable bonds is 8. The Balaban J connectivity index is 1.57. The minimum absolute atomic E-state index is 0.120. The van der Waals surface area contributed by atoms with Gasteiger partial charge >= 0.3 is 5.97 Å². The number of nitrogens with zero attached hydrogens (tertiary/aromatic N) is 2. The summed E-state index contributed by atoms with van der Waals surface area (Å²) in [6.07, 6.45) is 0.0222. The van der Waals surface area contributed by atoms with Crippen LogP contribution < -0.4 is 5.32 Å². The Morgan fingerprint density at radius 3 is 2.38 bits per heavy atom. The van der Waals surface area contributed by atoms with E-state index in [4.69, 9.17) is 27.0 Å². The van der Waals surface area contributed by atoms with Crippen LogP contribution in [0.2, 0.25) is 0 Å².